The number of carbonyl (C=O) groups is 1. The third kappa shape index (κ3) is 3.31. The average molecular weight is 256 g/mol. The minimum absolute atomic E-state index is 0.268. The summed E-state index contributed by atoms with van der Waals surface area (Å²) >= 11 is 0. The fourth-order valence-electron chi connectivity index (χ4n) is 1.67. The van der Waals surface area contributed by atoms with Crippen LogP contribution in [-0.2, 0) is 0 Å². The molecule has 0 aliphatic carbocycles. The molecular weight excluding hydrogens is 240 g/mol. The Kier molecular flexibility index (Phi) is 3.80. The largest absolute Gasteiger partial charge is 0.478 e. The van der Waals surface area contributed by atoms with Crippen LogP contribution < -0.4 is 0 Å². The van der Waals surface area contributed by atoms with Gasteiger partial charge in [0.25, 0.3) is 0 Å². The quantitative estimate of drug-likeness (QED) is 0.851. The molecule has 0 saturated carbocycles. The Labute approximate surface area is 112 Å². The van der Waals surface area contributed by atoms with Crippen molar-refractivity contribution in [1.29, 1.82) is 0 Å². The van der Waals surface area contributed by atoms with Gasteiger partial charge >= 0.3 is 5.97 Å². The van der Waals surface area contributed by atoms with Crippen LogP contribution in [0.15, 0.2) is 47.7 Å². The molecule has 1 N–H and O–H groups in total. The number of carboxylic acids is 1. The first kappa shape index (κ1) is 13.1. The Morgan fingerprint density at radius 2 is 1.95 bits per heavy atom. The normalized spacial score (nSPS) is 11.3. The highest BCUT2D eigenvalue weighted by atomic mass is 16.4. The molecule has 4 heteroatoms. The number of benzene rings is 1. The summed E-state index contributed by atoms with van der Waals surface area (Å²) < 4.78 is 2.11. The van der Waals surface area contributed by atoms with E-state index >= 15 is 0 Å². The second-order valence-corrected chi connectivity index (χ2v) is 4.60. The number of rotatable bonds is 4. The van der Waals surface area contributed by atoms with Gasteiger partial charge in [-0.25, -0.2) is 4.79 Å². The summed E-state index contributed by atoms with van der Waals surface area (Å²) in [7, 11) is 0. The zero-order chi connectivity index (χ0) is 13.8. The van der Waals surface area contributed by atoms with E-state index in [4.69, 9.17) is 5.11 Å². The second-order valence-electron chi connectivity index (χ2n) is 4.60. The molecule has 1 aromatic heterocycles. The zero-order valence-electron chi connectivity index (χ0n) is 10.9. The maximum absolute atomic E-state index is 10.7. The van der Waals surface area contributed by atoms with Crippen molar-refractivity contribution in [3.8, 4) is 0 Å². The molecule has 98 valence electrons. The Morgan fingerprint density at radius 1 is 1.26 bits per heavy atom. The van der Waals surface area contributed by atoms with Crippen LogP contribution in [-0.4, -0.2) is 21.9 Å². The summed E-state index contributed by atoms with van der Waals surface area (Å²) in [5, 5.41) is 8.80. The number of carboxylic acid groups (broad SMARTS) is 1. The number of hydrogen-bond donors (Lipinski definition) is 1. The van der Waals surface area contributed by atoms with E-state index < -0.39 is 5.97 Å². The van der Waals surface area contributed by atoms with Gasteiger partial charge in [-0.1, -0.05) is 0 Å². The summed E-state index contributed by atoms with van der Waals surface area (Å²) in [6.45, 7) is 4.23. The summed E-state index contributed by atoms with van der Waals surface area (Å²) in [4.78, 5) is 15.0. The van der Waals surface area contributed by atoms with E-state index in [2.05, 4.69) is 23.4 Å². The lowest BCUT2D eigenvalue weighted by molar-refractivity contribution is 0.0697. The standard InChI is InChI=1S/C15H16N2O2/c1-11(2)17-8-7-12(10-17)9-16-14-5-3-13(4-6-14)15(18)19/h3-11H,1-2H3,(H,18,19). The van der Waals surface area contributed by atoms with Gasteiger partial charge in [0.15, 0.2) is 0 Å². The first-order valence-electron chi connectivity index (χ1n) is 6.11. The number of aliphatic imine (C=N–C) groups is 1. The van der Waals surface area contributed by atoms with Gasteiger partial charge in [-0.05, 0) is 44.2 Å². The first-order chi connectivity index (χ1) is 9.06. The highest BCUT2D eigenvalue weighted by Crippen LogP contribution is 2.14. The van der Waals surface area contributed by atoms with Crippen molar-refractivity contribution in [2.45, 2.75) is 19.9 Å². The van der Waals surface area contributed by atoms with Crippen LogP contribution in [0.5, 0.6) is 0 Å². The fraction of sp³-hybridized carbons (Fsp3) is 0.200. The average Bonchev–Trinajstić information content (AvgIpc) is 2.86. The Hall–Kier alpha value is -2.36. The van der Waals surface area contributed by atoms with Crippen molar-refractivity contribution in [2.75, 3.05) is 0 Å². The minimum Gasteiger partial charge on any atom is -0.478 e. The van der Waals surface area contributed by atoms with Gasteiger partial charge in [0.05, 0.1) is 11.3 Å². The molecule has 2 aromatic rings. The Balaban J connectivity index is 2.11. The summed E-state index contributed by atoms with van der Waals surface area (Å²) in [6, 6.07) is 8.91. The van der Waals surface area contributed by atoms with E-state index in [9.17, 15) is 4.79 Å². The number of aromatic carboxylic acids is 1. The molecule has 19 heavy (non-hydrogen) atoms. The molecular formula is C15H16N2O2. The third-order valence-electron chi connectivity index (χ3n) is 2.81. The van der Waals surface area contributed by atoms with Crippen molar-refractivity contribution in [1.82, 2.24) is 4.57 Å². The van der Waals surface area contributed by atoms with E-state index in [0.29, 0.717) is 6.04 Å². The topological polar surface area (TPSA) is 54.6 Å². The van der Waals surface area contributed by atoms with Crippen LogP contribution in [0.3, 0.4) is 0 Å². The molecule has 0 spiro atoms. The summed E-state index contributed by atoms with van der Waals surface area (Å²) in [5.41, 5.74) is 2.03. The lowest BCUT2D eigenvalue weighted by Gasteiger charge is -2.04. The molecule has 4 nitrogen and oxygen atoms in total. The summed E-state index contributed by atoms with van der Waals surface area (Å²) in [5.74, 6) is -0.926. The van der Waals surface area contributed by atoms with Crippen LogP contribution >= 0.6 is 0 Å². The van der Waals surface area contributed by atoms with Gasteiger partial charge in [-0.15, -0.1) is 0 Å². The zero-order valence-corrected chi connectivity index (χ0v) is 10.9. The van der Waals surface area contributed by atoms with E-state index in [1.807, 2.05) is 18.5 Å². The van der Waals surface area contributed by atoms with Crippen LogP contribution in [0.1, 0.15) is 35.8 Å². The molecule has 0 bridgehead atoms. The number of aromatic nitrogens is 1. The predicted molar refractivity (Wildman–Crippen MR) is 75.5 cm³/mol. The van der Waals surface area contributed by atoms with Crippen molar-refractivity contribution in [3.05, 3.63) is 53.9 Å². The van der Waals surface area contributed by atoms with Gasteiger partial charge in [0.2, 0.25) is 0 Å². The minimum atomic E-state index is -0.926. The first-order valence-corrected chi connectivity index (χ1v) is 6.11. The van der Waals surface area contributed by atoms with Crippen LogP contribution in [0.2, 0.25) is 0 Å². The van der Waals surface area contributed by atoms with Gasteiger partial charge < -0.3 is 9.67 Å². The maximum Gasteiger partial charge on any atom is 0.335 e. The molecule has 0 saturated heterocycles. The van der Waals surface area contributed by atoms with Gasteiger partial charge in [-0.2, -0.15) is 0 Å². The van der Waals surface area contributed by atoms with Crippen LogP contribution in [0, 0.1) is 0 Å². The van der Waals surface area contributed by atoms with E-state index in [1.165, 1.54) is 0 Å². The van der Waals surface area contributed by atoms with Crippen molar-refractivity contribution >= 4 is 17.9 Å². The lowest BCUT2D eigenvalue weighted by Crippen LogP contribution is -1.95. The molecule has 0 fully saturated rings. The highest BCUT2D eigenvalue weighted by molar-refractivity contribution is 5.88. The molecule has 1 heterocycles. The molecule has 0 aliphatic rings. The monoisotopic (exact) mass is 256 g/mol. The SMILES string of the molecule is CC(C)n1ccc(C=Nc2ccc(C(=O)O)cc2)c1. The van der Waals surface area contributed by atoms with E-state index in [0.717, 1.165) is 11.3 Å². The van der Waals surface area contributed by atoms with Crippen molar-refractivity contribution < 1.29 is 9.90 Å². The van der Waals surface area contributed by atoms with E-state index in [1.54, 1.807) is 30.5 Å². The summed E-state index contributed by atoms with van der Waals surface area (Å²) in [6.07, 6.45) is 5.81. The predicted octanol–water partition coefficient (Wildman–Crippen LogP) is 3.52. The molecule has 0 radical (unpaired) electrons. The van der Waals surface area contributed by atoms with Crippen LogP contribution in [0.25, 0.3) is 0 Å². The van der Waals surface area contributed by atoms with Crippen LogP contribution in [0.4, 0.5) is 5.69 Å². The van der Waals surface area contributed by atoms with Crippen molar-refractivity contribution in [3.63, 3.8) is 0 Å². The highest BCUT2D eigenvalue weighted by Gasteiger charge is 2.01. The Bertz CT molecular complexity index is 595. The van der Waals surface area contributed by atoms with Gasteiger partial charge in [0.1, 0.15) is 0 Å². The Morgan fingerprint density at radius 3 is 2.47 bits per heavy atom. The maximum atomic E-state index is 10.7. The number of nitrogens with zero attached hydrogens (tertiary/aromatic N) is 2. The second kappa shape index (κ2) is 5.52. The third-order valence-corrected chi connectivity index (χ3v) is 2.81. The van der Waals surface area contributed by atoms with E-state index in [-0.39, 0.29) is 5.56 Å². The molecule has 0 aliphatic heterocycles. The molecule has 0 amide bonds. The smallest absolute Gasteiger partial charge is 0.335 e. The lowest BCUT2D eigenvalue weighted by atomic mass is 10.2. The fourth-order valence-corrected chi connectivity index (χ4v) is 1.67. The van der Waals surface area contributed by atoms with Crippen molar-refractivity contribution in [2.24, 2.45) is 4.99 Å². The molecule has 0 atom stereocenters. The number of hydrogen-bond acceptors (Lipinski definition) is 2. The van der Waals surface area contributed by atoms with Gasteiger partial charge in [0, 0.05) is 30.2 Å². The van der Waals surface area contributed by atoms with Gasteiger partial charge in [-0.3, -0.25) is 4.99 Å². The molecule has 0 unspecified atom stereocenters. The molecule has 2 rings (SSSR count). The molecule has 1 aromatic carbocycles.